The first kappa shape index (κ1) is 15.4. The molecule has 0 spiro atoms. The third-order valence-electron chi connectivity index (χ3n) is 3.21. The third kappa shape index (κ3) is 4.26. The molecule has 0 atom stereocenters. The number of benzene rings is 1. The summed E-state index contributed by atoms with van der Waals surface area (Å²) in [4.78, 5) is 2.11. The minimum absolute atomic E-state index is 0.169. The number of aryl methyl sites for hydroxylation is 2. The maximum absolute atomic E-state index is 12.1. The highest BCUT2D eigenvalue weighted by atomic mass is 19.3. The van der Waals surface area contributed by atoms with E-state index in [2.05, 4.69) is 14.8 Å². The second-order valence-corrected chi connectivity index (χ2v) is 5.00. The zero-order valence-electron chi connectivity index (χ0n) is 12.3. The largest absolute Gasteiger partial charge is 0.435 e. The maximum Gasteiger partial charge on any atom is 0.387 e. The summed E-state index contributed by atoms with van der Waals surface area (Å²) >= 11 is 0. The van der Waals surface area contributed by atoms with Gasteiger partial charge in [-0.1, -0.05) is 17.3 Å². The van der Waals surface area contributed by atoms with Gasteiger partial charge in [0.25, 0.3) is 0 Å². The van der Waals surface area contributed by atoms with Crippen molar-refractivity contribution in [3.63, 3.8) is 0 Å². The summed E-state index contributed by atoms with van der Waals surface area (Å²) in [5.41, 5.74) is 2.99. The summed E-state index contributed by atoms with van der Waals surface area (Å²) in [5, 5.41) is 3.93. The Labute approximate surface area is 122 Å². The molecule has 0 aliphatic carbocycles. The molecule has 4 nitrogen and oxygen atoms in total. The first-order valence-corrected chi connectivity index (χ1v) is 6.59. The predicted molar refractivity (Wildman–Crippen MR) is 74.2 cm³/mol. The van der Waals surface area contributed by atoms with Crippen molar-refractivity contribution in [3.05, 3.63) is 46.8 Å². The predicted octanol–water partition coefficient (Wildman–Crippen LogP) is 3.52. The number of halogens is 2. The Bertz CT molecular complexity index is 562. The number of nitrogens with zero attached hydrogens (tertiary/aromatic N) is 2. The smallest absolute Gasteiger partial charge is 0.387 e. The van der Waals surface area contributed by atoms with Crippen molar-refractivity contribution in [1.82, 2.24) is 10.1 Å². The molecule has 114 valence electrons. The lowest BCUT2D eigenvalue weighted by atomic mass is 10.1. The minimum atomic E-state index is -2.79. The van der Waals surface area contributed by atoms with E-state index in [4.69, 9.17) is 4.52 Å². The van der Waals surface area contributed by atoms with Gasteiger partial charge < -0.3 is 9.26 Å². The number of alkyl halides is 2. The van der Waals surface area contributed by atoms with Gasteiger partial charge in [0.1, 0.15) is 11.5 Å². The van der Waals surface area contributed by atoms with Crippen LogP contribution in [0.25, 0.3) is 0 Å². The van der Waals surface area contributed by atoms with Crippen molar-refractivity contribution in [2.24, 2.45) is 0 Å². The third-order valence-corrected chi connectivity index (χ3v) is 3.21. The number of aromatic nitrogens is 1. The molecule has 1 aromatic carbocycles. The highest BCUT2D eigenvalue weighted by molar-refractivity contribution is 5.27. The van der Waals surface area contributed by atoms with Crippen LogP contribution in [-0.2, 0) is 13.1 Å². The molecule has 0 fully saturated rings. The molecule has 0 amide bonds. The zero-order chi connectivity index (χ0) is 15.4. The molecule has 0 bridgehead atoms. The number of ether oxygens (including phenoxy) is 1. The van der Waals surface area contributed by atoms with E-state index in [1.807, 2.05) is 20.9 Å². The summed E-state index contributed by atoms with van der Waals surface area (Å²) in [6.07, 6.45) is 0. The van der Waals surface area contributed by atoms with E-state index in [1.165, 1.54) is 0 Å². The Hall–Kier alpha value is -1.95. The average Bonchev–Trinajstić information content (AvgIpc) is 2.72. The average molecular weight is 296 g/mol. The van der Waals surface area contributed by atoms with Crippen molar-refractivity contribution < 1.29 is 18.0 Å². The second kappa shape index (κ2) is 6.67. The Kier molecular flexibility index (Phi) is 4.90. The molecule has 0 saturated heterocycles. The molecule has 0 N–H and O–H groups in total. The van der Waals surface area contributed by atoms with E-state index in [0.717, 1.165) is 29.1 Å². The Morgan fingerprint density at radius 2 is 1.86 bits per heavy atom. The summed E-state index contributed by atoms with van der Waals surface area (Å²) in [6, 6.07) is 6.65. The lowest BCUT2D eigenvalue weighted by Crippen LogP contribution is -2.18. The minimum Gasteiger partial charge on any atom is -0.435 e. The molecule has 6 heteroatoms. The Morgan fingerprint density at radius 3 is 2.38 bits per heavy atom. The standard InChI is InChI=1S/C15H18F2N2O2/c1-10-14(11(2)21-18-10)9-19(3)8-12-4-6-13(7-5-12)20-15(16)17/h4-7,15H,8-9H2,1-3H3. The molecular weight excluding hydrogens is 278 g/mol. The van der Waals surface area contributed by atoms with Gasteiger partial charge >= 0.3 is 6.61 Å². The van der Waals surface area contributed by atoms with Gasteiger partial charge in [0, 0.05) is 18.7 Å². The highest BCUT2D eigenvalue weighted by Gasteiger charge is 2.12. The SMILES string of the molecule is Cc1noc(C)c1CN(C)Cc1ccc(OC(F)F)cc1. The maximum atomic E-state index is 12.1. The topological polar surface area (TPSA) is 38.5 Å². The molecule has 2 aromatic rings. The summed E-state index contributed by atoms with van der Waals surface area (Å²) in [7, 11) is 1.98. The molecule has 1 aromatic heterocycles. The molecule has 0 aliphatic rings. The molecule has 0 unspecified atom stereocenters. The highest BCUT2D eigenvalue weighted by Crippen LogP contribution is 2.18. The fourth-order valence-electron chi connectivity index (χ4n) is 2.14. The van der Waals surface area contributed by atoms with Crippen LogP contribution in [0.3, 0.4) is 0 Å². The van der Waals surface area contributed by atoms with Crippen molar-refractivity contribution in [3.8, 4) is 5.75 Å². The normalized spacial score (nSPS) is 11.4. The van der Waals surface area contributed by atoms with Crippen LogP contribution in [-0.4, -0.2) is 23.7 Å². The number of hydrogen-bond acceptors (Lipinski definition) is 4. The Morgan fingerprint density at radius 1 is 1.19 bits per heavy atom. The van der Waals surface area contributed by atoms with Crippen molar-refractivity contribution >= 4 is 0 Å². The van der Waals surface area contributed by atoms with Crippen LogP contribution < -0.4 is 4.74 Å². The van der Waals surface area contributed by atoms with E-state index in [1.54, 1.807) is 24.3 Å². The van der Waals surface area contributed by atoms with Gasteiger partial charge in [-0.3, -0.25) is 4.90 Å². The lowest BCUT2D eigenvalue weighted by Gasteiger charge is -2.16. The van der Waals surface area contributed by atoms with Gasteiger partial charge in [0.2, 0.25) is 0 Å². The quantitative estimate of drug-likeness (QED) is 0.817. The monoisotopic (exact) mass is 296 g/mol. The molecule has 0 radical (unpaired) electrons. The van der Waals surface area contributed by atoms with Crippen molar-refractivity contribution in [2.75, 3.05) is 7.05 Å². The number of rotatable bonds is 6. The lowest BCUT2D eigenvalue weighted by molar-refractivity contribution is -0.0498. The Balaban J connectivity index is 1.95. The van der Waals surface area contributed by atoms with Gasteiger partial charge in [0.15, 0.2) is 0 Å². The van der Waals surface area contributed by atoms with Crippen LogP contribution >= 0.6 is 0 Å². The van der Waals surface area contributed by atoms with E-state index < -0.39 is 6.61 Å². The van der Waals surface area contributed by atoms with Gasteiger partial charge in [0.05, 0.1) is 5.69 Å². The van der Waals surface area contributed by atoms with Crippen LogP contribution in [0.2, 0.25) is 0 Å². The van der Waals surface area contributed by atoms with Crippen LogP contribution in [0.1, 0.15) is 22.6 Å². The van der Waals surface area contributed by atoms with Crippen LogP contribution in [0.5, 0.6) is 5.75 Å². The van der Waals surface area contributed by atoms with Crippen molar-refractivity contribution in [1.29, 1.82) is 0 Å². The van der Waals surface area contributed by atoms with E-state index in [-0.39, 0.29) is 5.75 Å². The molecule has 0 aliphatic heterocycles. The van der Waals surface area contributed by atoms with Crippen LogP contribution in [0.15, 0.2) is 28.8 Å². The van der Waals surface area contributed by atoms with E-state index >= 15 is 0 Å². The number of hydrogen-bond donors (Lipinski definition) is 0. The fourth-order valence-corrected chi connectivity index (χ4v) is 2.14. The molecule has 1 heterocycles. The molecule has 2 rings (SSSR count). The second-order valence-electron chi connectivity index (χ2n) is 5.00. The first-order valence-electron chi connectivity index (χ1n) is 6.59. The summed E-state index contributed by atoms with van der Waals surface area (Å²) < 4.78 is 33.6. The van der Waals surface area contributed by atoms with Gasteiger partial charge in [-0.05, 0) is 38.6 Å². The fraction of sp³-hybridized carbons (Fsp3) is 0.400. The molecule has 0 saturated carbocycles. The zero-order valence-corrected chi connectivity index (χ0v) is 12.3. The first-order chi connectivity index (χ1) is 9.95. The van der Waals surface area contributed by atoms with Crippen molar-refractivity contribution in [2.45, 2.75) is 33.5 Å². The van der Waals surface area contributed by atoms with E-state index in [9.17, 15) is 8.78 Å². The van der Waals surface area contributed by atoms with Crippen LogP contribution in [0.4, 0.5) is 8.78 Å². The van der Waals surface area contributed by atoms with Gasteiger partial charge in [-0.15, -0.1) is 0 Å². The van der Waals surface area contributed by atoms with E-state index in [0.29, 0.717) is 6.54 Å². The molecular formula is C15H18F2N2O2. The summed E-state index contributed by atoms with van der Waals surface area (Å²) in [6.45, 7) is 2.42. The molecule has 21 heavy (non-hydrogen) atoms. The van der Waals surface area contributed by atoms with Gasteiger partial charge in [-0.25, -0.2) is 0 Å². The van der Waals surface area contributed by atoms with Crippen LogP contribution in [0, 0.1) is 13.8 Å². The summed E-state index contributed by atoms with van der Waals surface area (Å²) in [5.74, 6) is 0.988. The van der Waals surface area contributed by atoms with Gasteiger partial charge in [-0.2, -0.15) is 8.78 Å².